The van der Waals surface area contributed by atoms with Crippen LogP contribution >= 0.6 is 0 Å². The molecule has 2 atom stereocenters. The van der Waals surface area contributed by atoms with Crippen molar-refractivity contribution in [2.24, 2.45) is 0 Å². The van der Waals surface area contributed by atoms with E-state index in [1.54, 1.807) is 0 Å². The van der Waals surface area contributed by atoms with Gasteiger partial charge in [-0.05, 0) is 57.8 Å². The minimum absolute atomic E-state index is 0.0330. The number of unbranched alkanes of at least 4 members (excludes halogenated alkanes) is 30. The number of carbonyl (C=O) groups is 2. The number of ether oxygens (including phenoxy) is 1. The molecular formula is C50H95NO5. The van der Waals surface area contributed by atoms with Crippen molar-refractivity contribution in [2.45, 2.75) is 270 Å². The highest BCUT2D eigenvalue weighted by Gasteiger charge is 2.20. The molecule has 0 bridgehead atoms. The fraction of sp³-hybridized carbons (Fsp3) is 0.880. The molecule has 0 aliphatic rings. The van der Waals surface area contributed by atoms with E-state index >= 15 is 0 Å². The summed E-state index contributed by atoms with van der Waals surface area (Å²) in [7, 11) is 0. The Labute approximate surface area is 348 Å². The van der Waals surface area contributed by atoms with Gasteiger partial charge in [0.05, 0.1) is 25.4 Å². The highest BCUT2D eigenvalue weighted by atomic mass is 16.5. The summed E-state index contributed by atoms with van der Waals surface area (Å²) in [5.41, 5.74) is 0. The fourth-order valence-electron chi connectivity index (χ4n) is 7.43. The van der Waals surface area contributed by atoms with E-state index in [2.05, 4.69) is 43.5 Å². The second kappa shape index (κ2) is 46.0. The molecular weight excluding hydrogens is 695 g/mol. The molecule has 0 aromatic carbocycles. The van der Waals surface area contributed by atoms with Gasteiger partial charge in [-0.1, -0.05) is 212 Å². The van der Waals surface area contributed by atoms with Gasteiger partial charge < -0.3 is 20.3 Å². The summed E-state index contributed by atoms with van der Waals surface area (Å²) >= 11 is 0. The van der Waals surface area contributed by atoms with Crippen molar-refractivity contribution in [3.8, 4) is 0 Å². The lowest BCUT2D eigenvalue weighted by Crippen LogP contribution is -2.45. The van der Waals surface area contributed by atoms with Crippen molar-refractivity contribution in [3.05, 3.63) is 24.3 Å². The fourth-order valence-corrected chi connectivity index (χ4v) is 7.43. The number of aliphatic hydroxyl groups excluding tert-OH is 2. The van der Waals surface area contributed by atoms with Crippen LogP contribution in [0.25, 0.3) is 0 Å². The predicted molar refractivity (Wildman–Crippen MR) is 241 cm³/mol. The molecule has 1 amide bonds. The average Bonchev–Trinajstić information content (AvgIpc) is 3.20. The van der Waals surface area contributed by atoms with Crippen LogP contribution in [0.2, 0.25) is 0 Å². The number of hydrogen-bond donors (Lipinski definition) is 3. The number of allylic oxidation sites excluding steroid dienone is 4. The first-order valence-electron chi connectivity index (χ1n) is 24.6. The van der Waals surface area contributed by atoms with E-state index < -0.39 is 12.1 Å². The number of carbonyl (C=O) groups excluding carboxylic acids is 2. The van der Waals surface area contributed by atoms with Crippen molar-refractivity contribution in [3.63, 3.8) is 0 Å². The predicted octanol–water partition coefficient (Wildman–Crippen LogP) is 14.3. The van der Waals surface area contributed by atoms with E-state index in [0.717, 1.165) is 64.2 Å². The van der Waals surface area contributed by atoms with Crippen LogP contribution in [0.4, 0.5) is 0 Å². The molecule has 0 fully saturated rings. The van der Waals surface area contributed by atoms with Gasteiger partial charge in [0.15, 0.2) is 0 Å². The lowest BCUT2D eigenvalue weighted by molar-refractivity contribution is -0.143. The first-order valence-corrected chi connectivity index (χ1v) is 24.6. The SMILES string of the molecule is CCCCC/C=C\C/C=C\CCCCCCCCCC(=O)OCCCCCCCCCCCC(=O)NC(CO)C(O)CCCCCCCCCCCCCCC. The van der Waals surface area contributed by atoms with E-state index in [0.29, 0.717) is 25.9 Å². The maximum absolute atomic E-state index is 12.4. The lowest BCUT2D eigenvalue weighted by atomic mass is 10.0. The Morgan fingerprint density at radius 1 is 0.500 bits per heavy atom. The zero-order chi connectivity index (χ0) is 40.8. The van der Waals surface area contributed by atoms with Gasteiger partial charge in [-0.2, -0.15) is 0 Å². The average molecular weight is 790 g/mol. The van der Waals surface area contributed by atoms with Crippen LogP contribution in [-0.4, -0.2) is 47.4 Å². The lowest BCUT2D eigenvalue weighted by Gasteiger charge is -2.22. The van der Waals surface area contributed by atoms with Crippen LogP contribution in [0.3, 0.4) is 0 Å². The van der Waals surface area contributed by atoms with E-state index in [1.165, 1.54) is 161 Å². The molecule has 6 heteroatoms. The molecule has 0 saturated heterocycles. The third kappa shape index (κ3) is 42.0. The summed E-state index contributed by atoms with van der Waals surface area (Å²) in [5.74, 6) is -0.0968. The molecule has 0 aliphatic carbocycles. The Balaban J connectivity index is 3.49. The molecule has 3 N–H and O–H groups in total. The van der Waals surface area contributed by atoms with Gasteiger partial charge in [-0.3, -0.25) is 9.59 Å². The van der Waals surface area contributed by atoms with E-state index in [4.69, 9.17) is 4.74 Å². The van der Waals surface area contributed by atoms with Gasteiger partial charge >= 0.3 is 5.97 Å². The number of nitrogens with one attached hydrogen (secondary N) is 1. The van der Waals surface area contributed by atoms with Gasteiger partial charge in [0.25, 0.3) is 0 Å². The first-order chi connectivity index (χ1) is 27.5. The minimum atomic E-state index is -0.681. The van der Waals surface area contributed by atoms with E-state index in [-0.39, 0.29) is 18.5 Å². The molecule has 0 spiro atoms. The van der Waals surface area contributed by atoms with Crippen molar-refractivity contribution in [1.82, 2.24) is 5.32 Å². The topological polar surface area (TPSA) is 95.9 Å². The molecule has 6 nitrogen and oxygen atoms in total. The molecule has 2 unspecified atom stereocenters. The zero-order valence-electron chi connectivity index (χ0n) is 37.4. The van der Waals surface area contributed by atoms with Crippen molar-refractivity contribution >= 4 is 11.9 Å². The van der Waals surface area contributed by atoms with Crippen LogP contribution in [0, 0.1) is 0 Å². The summed E-state index contributed by atoms with van der Waals surface area (Å²) in [5, 5.41) is 23.1. The summed E-state index contributed by atoms with van der Waals surface area (Å²) in [6.07, 6.45) is 52.8. The Morgan fingerprint density at radius 2 is 0.893 bits per heavy atom. The Hall–Kier alpha value is -1.66. The molecule has 0 aromatic heterocycles. The highest BCUT2D eigenvalue weighted by Crippen LogP contribution is 2.16. The third-order valence-electron chi connectivity index (χ3n) is 11.3. The normalized spacial score (nSPS) is 12.9. The standard InChI is InChI=1S/C50H95NO5/c1-3-5-7-9-11-13-15-17-18-19-20-22-24-28-32-36-40-44-50(55)56-45-41-37-33-29-25-27-31-35-39-43-49(54)51-47(46-52)48(53)42-38-34-30-26-23-21-16-14-12-10-8-6-4-2/h11,13,17-18,47-48,52-53H,3-10,12,14-16,19-46H2,1-2H3,(H,51,54)/b13-11-,18-17-. The Bertz CT molecular complexity index is 874. The van der Waals surface area contributed by atoms with Crippen LogP contribution in [-0.2, 0) is 14.3 Å². The monoisotopic (exact) mass is 790 g/mol. The van der Waals surface area contributed by atoms with Gasteiger partial charge in [0.2, 0.25) is 5.91 Å². The summed E-state index contributed by atoms with van der Waals surface area (Å²) in [6.45, 7) is 4.85. The second-order valence-corrected chi connectivity index (χ2v) is 16.8. The highest BCUT2D eigenvalue weighted by molar-refractivity contribution is 5.76. The van der Waals surface area contributed by atoms with Crippen LogP contribution in [0.5, 0.6) is 0 Å². The number of amides is 1. The number of esters is 1. The van der Waals surface area contributed by atoms with Gasteiger partial charge in [-0.15, -0.1) is 0 Å². The Morgan fingerprint density at radius 3 is 1.39 bits per heavy atom. The second-order valence-electron chi connectivity index (χ2n) is 16.8. The zero-order valence-corrected chi connectivity index (χ0v) is 37.4. The van der Waals surface area contributed by atoms with Crippen molar-refractivity contribution in [2.75, 3.05) is 13.2 Å². The van der Waals surface area contributed by atoms with Crippen molar-refractivity contribution in [1.29, 1.82) is 0 Å². The van der Waals surface area contributed by atoms with E-state index in [9.17, 15) is 19.8 Å². The molecule has 0 saturated carbocycles. The smallest absolute Gasteiger partial charge is 0.305 e. The molecule has 0 rings (SSSR count). The van der Waals surface area contributed by atoms with Gasteiger partial charge in [-0.25, -0.2) is 0 Å². The molecule has 56 heavy (non-hydrogen) atoms. The molecule has 0 aromatic rings. The molecule has 0 heterocycles. The van der Waals surface area contributed by atoms with E-state index in [1.807, 2.05) is 0 Å². The number of rotatable bonds is 45. The number of aliphatic hydroxyl groups is 2. The van der Waals surface area contributed by atoms with Gasteiger partial charge in [0.1, 0.15) is 0 Å². The van der Waals surface area contributed by atoms with Crippen LogP contribution in [0.1, 0.15) is 258 Å². The first kappa shape index (κ1) is 54.3. The van der Waals surface area contributed by atoms with Crippen molar-refractivity contribution < 1.29 is 24.5 Å². The summed E-state index contributed by atoms with van der Waals surface area (Å²) in [4.78, 5) is 24.5. The molecule has 0 aliphatic heterocycles. The maximum atomic E-state index is 12.4. The third-order valence-corrected chi connectivity index (χ3v) is 11.3. The minimum Gasteiger partial charge on any atom is -0.466 e. The molecule has 0 radical (unpaired) electrons. The maximum Gasteiger partial charge on any atom is 0.305 e. The van der Waals surface area contributed by atoms with Crippen LogP contribution < -0.4 is 5.32 Å². The Kier molecular flexibility index (Phi) is 44.7. The quantitative estimate of drug-likeness (QED) is 0.0324. The van der Waals surface area contributed by atoms with Crippen LogP contribution in [0.15, 0.2) is 24.3 Å². The van der Waals surface area contributed by atoms with Gasteiger partial charge in [0, 0.05) is 12.8 Å². The number of hydrogen-bond acceptors (Lipinski definition) is 5. The summed E-state index contributed by atoms with van der Waals surface area (Å²) in [6, 6.07) is -0.561. The largest absolute Gasteiger partial charge is 0.466 e. The summed E-state index contributed by atoms with van der Waals surface area (Å²) < 4.78 is 5.45. The molecule has 330 valence electrons.